The predicted molar refractivity (Wildman–Crippen MR) is 135 cm³/mol. The van der Waals surface area contributed by atoms with Crippen LogP contribution in [0.2, 0.25) is 0 Å². The van der Waals surface area contributed by atoms with Crippen LogP contribution in [0.3, 0.4) is 0 Å². The highest BCUT2D eigenvalue weighted by molar-refractivity contribution is 7.95. The number of nitrogens with zero attached hydrogens (tertiary/aromatic N) is 2. The summed E-state index contributed by atoms with van der Waals surface area (Å²) in [5.74, 6) is -0.645. The number of hydrogen-bond acceptors (Lipinski definition) is 7. The number of ether oxygens (including phenoxy) is 1. The van der Waals surface area contributed by atoms with Crippen LogP contribution in [0.15, 0.2) is 34.7 Å². The first-order valence-corrected chi connectivity index (χ1v) is 14.1. The fourth-order valence-electron chi connectivity index (χ4n) is 3.98. The number of aliphatic carboxylic acids is 1. The number of aromatic nitrogens is 1. The van der Waals surface area contributed by atoms with E-state index in [1.165, 1.54) is 0 Å². The minimum atomic E-state index is -4.17. The first-order chi connectivity index (χ1) is 16.6. The average Bonchev–Trinajstić information content (AvgIpc) is 3.30. The standard InChI is InChI=1S/C24H33N3O6S2/c1-4-33-19-12-10-17(11-13-19)14-15-27(18-8-6-5-7-9-18)23(30)26-22-25-16-20(34-22)35(31,32)24(2,3)21(28)29/h10-13,16,18H,4-9,14-15H2,1-3H3,(H,28,29)(H,25,26,30). The zero-order valence-corrected chi connectivity index (χ0v) is 22.0. The number of thiazole rings is 1. The van der Waals surface area contributed by atoms with Crippen molar-refractivity contribution in [3.8, 4) is 5.75 Å². The van der Waals surface area contributed by atoms with Crippen LogP contribution in [-0.4, -0.2) is 59.3 Å². The van der Waals surface area contributed by atoms with Gasteiger partial charge in [-0.3, -0.25) is 10.1 Å². The lowest BCUT2D eigenvalue weighted by Gasteiger charge is -2.34. The van der Waals surface area contributed by atoms with Crippen molar-refractivity contribution in [2.45, 2.75) is 74.3 Å². The van der Waals surface area contributed by atoms with E-state index in [4.69, 9.17) is 4.74 Å². The molecule has 1 aliphatic carbocycles. The van der Waals surface area contributed by atoms with Crippen molar-refractivity contribution in [2.24, 2.45) is 0 Å². The van der Waals surface area contributed by atoms with Gasteiger partial charge in [0.05, 0.1) is 12.8 Å². The SMILES string of the molecule is CCOc1ccc(CCN(C(=O)Nc2ncc(S(=O)(=O)C(C)(C)C(=O)O)s2)C2CCCCC2)cc1. The molecule has 1 aliphatic rings. The molecule has 0 unspecified atom stereocenters. The van der Waals surface area contributed by atoms with Crippen LogP contribution in [0.25, 0.3) is 0 Å². The van der Waals surface area contributed by atoms with Gasteiger partial charge in [0.2, 0.25) is 9.84 Å². The van der Waals surface area contributed by atoms with Crippen LogP contribution in [0.4, 0.5) is 9.93 Å². The Kier molecular flexibility index (Phi) is 8.76. The molecule has 0 atom stereocenters. The number of carboxylic acids is 1. The van der Waals surface area contributed by atoms with Gasteiger partial charge in [-0.25, -0.2) is 18.2 Å². The smallest absolute Gasteiger partial charge is 0.324 e. The highest BCUT2D eigenvalue weighted by Crippen LogP contribution is 2.32. The molecule has 2 amide bonds. The van der Waals surface area contributed by atoms with Gasteiger partial charge in [-0.2, -0.15) is 0 Å². The summed E-state index contributed by atoms with van der Waals surface area (Å²) >= 11 is 0.762. The lowest BCUT2D eigenvalue weighted by Crippen LogP contribution is -2.45. The molecule has 1 aromatic carbocycles. The van der Waals surface area contributed by atoms with E-state index in [1.54, 1.807) is 0 Å². The van der Waals surface area contributed by atoms with Crippen LogP contribution in [-0.2, 0) is 21.1 Å². The summed E-state index contributed by atoms with van der Waals surface area (Å²) in [5.41, 5.74) is 1.08. The molecular formula is C24H33N3O6S2. The van der Waals surface area contributed by atoms with E-state index in [-0.39, 0.29) is 21.4 Å². The molecule has 2 N–H and O–H groups in total. The molecule has 0 saturated heterocycles. The predicted octanol–water partition coefficient (Wildman–Crippen LogP) is 4.59. The van der Waals surface area contributed by atoms with E-state index in [9.17, 15) is 23.1 Å². The van der Waals surface area contributed by atoms with Gasteiger partial charge in [-0.05, 0) is 57.7 Å². The number of amides is 2. The number of anilines is 1. The third-order valence-corrected chi connectivity index (χ3v) is 10.1. The number of carbonyl (C=O) groups is 2. The normalized spacial score (nSPS) is 14.9. The Labute approximate surface area is 210 Å². The molecule has 0 radical (unpaired) electrons. The van der Waals surface area contributed by atoms with Crippen molar-refractivity contribution in [3.05, 3.63) is 36.0 Å². The Hall–Kier alpha value is -2.66. The van der Waals surface area contributed by atoms with Crippen molar-refractivity contribution in [2.75, 3.05) is 18.5 Å². The van der Waals surface area contributed by atoms with E-state index in [0.717, 1.165) is 74.8 Å². The molecular weight excluding hydrogens is 490 g/mol. The van der Waals surface area contributed by atoms with E-state index < -0.39 is 20.6 Å². The summed E-state index contributed by atoms with van der Waals surface area (Å²) in [7, 11) is -4.17. The maximum absolute atomic E-state index is 13.3. The third-order valence-electron chi connectivity index (χ3n) is 6.30. The van der Waals surface area contributed by atoms with Crippen molar-refractivity contribution < 1.29 is 27.9 Å². The van der Waals surface area contributed by atoms with E-state index in [2.05, 4.69) is 10.3 Å². The monoisotopic (exact) mass is 523 g/mol. The van der Waals surface area contributed by atoms with E-state index in [0.29, 0.717) is 19.6 Å². The van der Waals surface area contributed by atoms with E-state index in [1.807, 2.05) is 36.1 Å². The second-order valence-electron chi connectivity index (χ2n) is 9.05. The van der Waals surface area contributed by atoms with Gasteiger partial charge in [-0.1, -0.05) is 42.7 Å². The minimum Gasteiger partial charge on any atom is -0.494 e. The number of urea groups is 1. The molecule has 1 aromatic heterocycles. The first-order valence-electron chi connectivity index (χ1n) is 11.8. The average molecular weight is 524 g/mol. The molecule has 1 saturated carbocycles. The molecule has 0 aliphatic heterocycles. The molecule has 9 nitrogen and oxygen atoms in total. The molecule has 2 aromatic rings. The summed E-state index contributed by atoms with van der Waals surface area (Å²) in [5, 5.41) is 12.2. The molecule has 1 heterocycles. The third kappa shape index (κ3) is 6.32. The Balaban J connectivity index is 1.73. The number of rotatable bonds is 10. The number of carbonyl (C=O) groups excluding carboxylic acids is 1. The number of sulfone groups is 1. The summed E-state index contributed by atoms with van der Waals surface area (Å²) in [6, 6.07) is 7.58. The maximum Gasteiger partial charge on any atom is 0.324 e. The number of hydrogen-bond donors (Lipinski definition) is 2. The molecule has 1 fully saturated rings. The van der Waals surface area contributed by atoms with Crippen molar-refractivity contribution >= 4 is 38.3 Å². The summed E-state index contributed by atoms with van der Waals surface area (Å²) in [6.45, 7) is 5.31. The van der Waals surface area contributed by atoms with Crippen molar-refractivity contribution in [1.82, 2.24) is 9.88 Å². The number of nitrogens with one attached hydrogen (secondary N) is 1. The quantitative estimate of drug-likeness (QED) is 0.466. The number of benzene rings is 1. The van der Waals surface area contributed by atoms with Crippen molar-refractivity contribution in [1.29, 1.82) is 0 Å². The van der Waals surface area contributed by atoms with Gasteiger partial charge < -0.3 is 14.7 Å². The first kappa shape index (κ1) is 26.9. The van der Waals surface area contributed by atoms with Gasteiger partial charge in [0.1, 0.15) is 9.96 Å². The van der Waals surface area contributed by atoms with Gasteiger partial charge in [0.25, 0.3) is 0 Å². The lowest BCUT2D eigenvalue weighted by atomic mass is 9.94. The summed E-state index contributed by atoms with van der Waals surface area (Å²) in [4.78, 5) is 30.6. The lowest BCUT2D eigenvalue weighted by molar-refractivity contribution is -0.139. The Bertz CT molecular complexity index is 1120. The summed E-state index contributed by atoms with van der Waals surface area (Å²) in [6.07, 6.45) is 6.87. The minimum absolute atomic E-state index is 0.0977. The van der Waals surface area contributed by atoms with Crippen LogP contribution >= 0.6 is 11.3 Å². The maximum atomic E-state index is 13.3. The summed E-state index contributed by atoms with van der Waals surface area (Å²) < 4.78 is 28.8. The van der Waals surface area contributed by atoms with Crippen LogP contribution in [0, 0.1) is 0 Å². The van der Waals surface area contributed by atoms with E-state index >= 15 is 0 Å². The fraction of sp³-hybridized carbons (Fsp3) is 0.542. The molecule has 3 rings (SSSR count). The van der Waals surface area contributed by atoms with Crippen molar-refractivity contribution in [3.63, 3.8) is 0 Å². The molecule has 0 spiro atoms. The zero-order valence-electron chi connectivity index (χ0n) is 20.3. The second-order valence-corrected chi connectivity index (χ2v) is 12.8. The molecule has 35 heavy (non-hydrogen) atoms. The highest BCUT2D eigenvalue weighted by Gasteiger charge is 2.44. The molecule has 192 valence electrons. The van der Waals surface area contributed by atoms with Gasteiger partial charge >= 0.3 is 12.0 Å². The van der Waals surface area contributed by atoms with Crippen LogP contribution in [0.5, 0.6) is 5.75 Å². The largest absolute Gasteiger partial charge is 0.494 e. The van der Waals surface area contributed by atoms with Gasteiger partial charge in [0.15, 0.2) is 9.88 Å². The van der Waals surface area contributed by atoms with Crippen LogP contribution < -0.4 is 10.1 Å². The Morgan fingerprint density at radius 3 is 2.46 bits per heavy atom. The second kappa shape index (κ2) is 11.4. The van der Waals surface area contributed by atoms with Gasteiger partial charge in [-0.15, -0.1) is 0 Å². The zero-order chi connectivity index (χ0) is 25.6. The number of carboxylic acid groups (broad SMARTS) is 1. The fourth-order valence-corrected chi connectivity index (χ4v) is 6.75. The Morgan fingerprint density at radius 2 is 1.86 bits per heavy atom. The Morgan fingerprint density at radius 1 is 1.20 bits per heavy atom. The molecule has 0 bridgehead atoms. The van der Waals surface area contributed by atoms with Crippen LogP contribution in [0.1, 0.15) is 58.4 Å². The highest BCUT2D eigenvalue weighted by atomic mass is 32.2. The topological polar surface area (TPSA) is 126 Å². The van der Waals surface area contributed by atoms with Gasteiger partial charge in [0, 0.05) is 12.6 Å². The molecule has 11 heteroatoms.